The van der Waals surface area contributed by atoms with Gasteiger partial charge in [-0.2, -0.15) is 9.78 Å². The van der Waals surface area contributed by atoms with Crippen LogP contribution in [0.1, 0.15) is 44.6 Å². The van der Waals surface area contributed by atoms with Gasteiger partial charge in [0, 0.05) is 18.7 Å². The Kier molecular flexibility index (Phi) is 7.73. The van der Waals surface area contributed by atoms with Crippen LogP contribution in [0.25, 0.3) is 5.69 Å². The van der Waals surface area contributed by atoms with Gasteiger partial charge in [-0.05, 0) is 43.6 Å². The van der Waals surface area contributed by atoms with Crippen LogP contribution in [-0.2, 0) is 0 Å². The number of amides is 1. The number of hydrogen-bond donors (Lipinski definition) is 1. The molecule has 27 heavy (non-hydrogen) atoms. The number of nitrogens with one attached hydrogen (secondary N) is 1. The molecule has 0 saturated carbocycles. The van der Waals surface area contributed by atoms with E-state index < -0.39 is 0 Å². The molecule has 0 aliphatic carbocycles. The van der Waals surface area contributed by atoms with E-state index in [1.165, 1.54) is 16.8 Å². The van der Waals surface area contributed by atoms with E-state index in [1.54, 1.807) is 12.1 Å². The maximum absolute atomic E-state index is 12.6. The number of hydrogen-bond acceptors (Lipinski definition) is 4. The van der Waals surface area contributed by atoms with Crippen molar-refractivity contribution in [1.29, 1.82) is 0 Å². The lowest BCUT2D eigenvalue weighted by molar-refractivity contribution is 0.0922. The summed E-state index contributed by atoms with van der Waals surface area (Å²) in [4.78, 5) is 27.1. The second kappa shape index (κ2) is 10.0. The van der Waals surface area contributed by atoms with Crippen LogP contribution in [-0.4, -0.2) is 46.3 Å². The molecule has 1 aromatic carbocycles. The topological polar surface area (TPSA) is 67.2 Å². The number of likely N-dealkylation sites (N-methyl/N-ethyl adjacent to an activating group) is 1. The third-order valence-corrected chi connectivity index (χ3v) is 4.60. The smallest absolute Gasteiger partial charge is 0.271 e. The van der Waals surface area contributed by atoms with E-state index >= 15 is 0 Å². The van der Waals surface area contributed by atoms with Crippen LogP contribution >= 0.6 is 0 Å². The minimum absolute atomic E-state index is 0.237. The Morgan fingerprint density at radius 3 is 2.37 bits per heavy atom. The van der Waals surface area contributed by atoms with Crippen LogP contribution in [0.4, 0.5) is 0 Å². The van der Waals surface area contributed by atoms with Gasteiger partial charge in [0.2, 0.25) is 0 Å². The Balaban J connectivity index is 2.14. The molecule has 1 aromatic heterocycles. The summed E-state index contributed by atoms with van der Waals surface area (Å²) in [6, 6.07) is 12.2. The molecule has 0 bridgehead atoms. The Bertz CT molecular complexity index is 782. The molecule has 146 valence electrons. The van der Waals surface area contributed by atoms with Crippen molar-refractivity contribution in [2.45, 2.75) is 40.2 Å². The summed E-state index contributed by atoms with van der Waals surface area (Å²) in [6.07, 6.45) is 1.01. The third kappa shape index (κ3) is 5.76. The fourth-order valence-electron chi connectivity index (χ4n) is 3.23. The fraction of sp³-hybridized carbons (Fsp3) is 0.476. The van der Waals surface area contributed by atoms with Crippen LogP contribution < -0.4 is 10.9 Å². The average molecular weight is 370 g/mol. The van der Waals surface area contributed by atoms with Gasteiger partial charge in [-0.25, -0.2) is 0 Å². The summed E-state index contributed by atoms with van der Waals surface area (Å²) in [5.74, 6) is 0.284. The normalized spacial score (nSPS) is 12.4. The maximum atomic E-state index is 12.6. The van der Waals surface area contributed by atoms with Crippen molar-refractivity contribution in [3.05, 3.63) is 58.5 Å². The number of benzene rings is 1. The summed E-state index contributed by atoms with van der Waals surface area (Å²) in [5.41, 5.74) is 0.609. The average Bonchev–Trinajstić information content (AvgIpc) is 2.67. The SMILES string of the molecule is CCN(CC)C(CNC(=O)c1ccc(=O)n(-c2ccccc2)n1)CC(C)C. The highest BCUT2D eigenvalue weighted by atomic mass is 16.2. The number of nitrogens with zero attached hydrogens (tertiary/aromatic N) is 3. The van der Waals surface area contributed by atoms with Crippen molar-refractivity contribution >= 4 is 5.91 Å². The Labute approximate surface area is 161 Å². The molecule has 2 aromatic rings. The van der Waals surface area contributed by atoms with E-state index in [9.17, 15) is 9.59 Å². The highest BCUT2D eigenvalue weighted by molar-refractivity contribution is 5.92. The first kappa shape index (κ1) is 20.8. The molecule has 0 spiro atoms. The molecule has 0 fully saturated rings. The molecule has 1 N–H and O–H groups in total. The Hall–Kier alpha value is -2.47. The van der Waals surface area contributed by atoms with Crippen LogP contribution in [0.2, 0.25) is 0 Å². The number of para-hydroxylation sites is 1. The molecule has 0 aliphatic rings. The first-order valence-corrected chi connectivity index (χ1v) is 9.64. The zero-order chi connectivity index (χ0) is 19.8. The van der Waals surface area contributed by atoms with Gasteiger partial charge in [0.05, 0.1) is 5.69 Å². The zero-order valence-electron chi connectivity index (χ0n) is 16.7. The number of rotatable bonds is 9. The minimum Gasteiger partial charge on any atom is -0.349 e. The second-order valence-corrected chi connectivity index (χ2v) is 7.02. The largest absolute Gasteiger partial charge is 0.349 e. The number of carbonyl (C=O) groups is 1. The highest BCUT2D eigenvalue weighted by Crippen LogP contribution is 2.11. The van der Waals surface area contributed by atoms with Gasteiger partial charge in [0.1, 0.15) is 5.69 Å². The lowest BCUT2D eigenvalue weighted by Crippen LogP contribution is -2.44. The predicted molar refractivity (Wildman–Crippen MR) is 108 cm³/mol. The summed E-state index contributed by atoms with van der Waals surface area (Å²) in [5, 5.41) is 7.24. The first-order chi connectivity index (χ1) is 13.0. The lowest BCUT2D eigenvalue weighted by Gasteiger charge is -2.31. The zero-order valence-corrected chi connectivity index (χ0v) is 16.7. The lowest BCUT2D eigenvalue weighted by atomic mass is 10.0. The first-order valence-electron chi connectivity index (χ1n) is 9.64. The van der Waals surface area contributed by atoms with Crippen molar-refractivity contribution in [3.63, 3.8) is 0 Å². The molecule has 1 heterocycles. The predicted octanol–water partition coefficient (Wildman–Crippen LogP) is 2.72. The summed E-state index contributed by atoms with van der Waals surface area (Å²) < 4.78 is 1.25. The quantitative estimate of drug-likeness (QED) is 0.737. The molecule has 6 nitrogen and oxygen atoms in total. The van der Waals surface area contributed by atoms with Crippen LogP contribution in [0, 0.1) is 5.92 Å². The van der Waals surface area contributed by atoms with Gasteiger partial charge in [-0.1, -0.05) is 45.9 Å². The van der Waals surface area contributed by atoms with Crippen LogP contribution in [0.15, 0.2) is 47.3 Å². The summed E-state index contributed by atoms with van der Waals surface area (Å²) in [7, 11) is 0. The molecule has 2 rings (SSSR count). The molecule has 0 radical (unpaired) electrons. The van der Waals surface area contributed by atoms with E-state index in [0.717, 1.165) is 19.5 Å². The summed E-state index contributed by atoms with van der Waals surface area (Å²) in [6.45, 7) is 11.1. The van der Waals surface area contributed by atoms with E-state index in [1.807, 2.05) is 18.2 Å². The van der Waals surface area contributed by atoms with E-state index in [-0.39, 0.29) is 23.2 Å². The van der Waals surface area contributed by atoms with Gasteiger partial charge in [0.25, 0.3) is 11.5 Å². The van der Waals surface area contributed by atoms with Crippen molar-refractivity contribution in [2.24, 2.45) is 5.92 Å². The van der Waals surface area contributed by atoms with Gasteiger partial charge in [-0.3, -0.25) is 14.5 Å². The van der Waals surface area contributed by atoms with Gasteiger partial charge in [-0.15, -0.1) is 0 Å². The Morgan fingerprint density at radius 1 is 1.11 bits per heavy atom. The summed E-state index contributed by atoms with van der Waals surface area (Å²) >= 11 is 0. The van der Waals surface area contributed by atoms with Crippen LogP contribution in [0.3, 0.4) is 0 Å². The standard InChI is InChI=1S/C21H30N4O2/c1-5-24(6-2)18(14-16(3)4)15-22-21(27)19-12-13-20(26)25(23-19)17-10-8-7-9-11-17/h7-13,16,18H,5-6,14-15H2,1-4H3,(H,22,27). The molecule has 0 saturated heterocycles. The molecule has 1 amide bonds. The molecule has 1 unspecified atom stereocenters. The fourth-order valence-corrected chi connectivity index (χ4v) is 3.23. The molecule has 0 aliphatic heterocycles. The van der Waals surface area contributed by atoms with Crippen molar-refractivity contribution < 1.29 is 4.79 Å². The van der Waals surface area contributed by atoms with E-state index in [4.69, 9.17) is 0 Å². The molecular formula is C21H30N4O2. The van der Waals surface area contributed by atoms with E-state index in [2.05, 4.69) is 43.0 Å². The van der Waals surface area contributed by atoms with Gasteiger partial charge >= 0.3 is 0 Å². The minimum atomic E-state index is -0.265. The van der Waals surface area contributed by atoms with E-state index in [0.29, 0.717) is 18.2 Å². The molecule has 1 atom stereocenters. The highest BCUT2D eigenvalue weighted by Gasteiger charge is 2.19. The van der Waals surface area contributed by atoms with Crippen molar-refractivity contribution in [1.82, 2.24) is 20.0 Å². The third-order valence-electron chi connectivity index (χ3n) is 4.60. The number of carbonyl (C=O) groups excluding carboxylic acids is 1. The van der Waals surface area contributed by atoms with Gasteiger partial charge in [0.15, 0.2) is 0 Å². The Morgan fingerprint density at radius 2 is 1.78 bits per heavy atom. The molecule has 6 heteroatoms. The van der Waals surface area contributed by atoms with Crippen LogP contribution in [0.5, 0.6) is 0 Å². The number of aromatic nitrogens is 2. The van der Waals surface area contributed by atoms with Crippen molar-refractivity contribution in [3.8, 4) is 5.69 Å². The maximum Gasteiger partial charge on any atom is 0.271 e. The van der Waals surface area contributed by atoms with Gasteiger partial charge < -0.3 is 5.32 Å². The van der Waals surface area contributed by atoms with Crippen molar-refractivity contribution in [2.75, 3.05) is 19.6 Å². The molecular weight excluding hydrogens is 340 g/mol. The second-order valence-electron chi connectivity index (χ2n) is 7.02. The monoisotopic (exact) mass is 370 g/mol.